The number of aliphatic hydroxyl groups is 1. The molecule has 0 saturated heterocycles. The van der Waals surface area contributed by atoms with Gasteiger partial charge in [-0.2, -0.15) is 0 Å². The monoisotopic (exact) mass is 293 g/mol. The molecule has 1 atom stereocenters. The van der Waals surface area contributed by atoms with E-state index in [9.17, 15) is 5.11 Å². The average molecular weight is 293 g/mol. The van der Waals surface area contributed by atoms with E-state index >= 15 is 0 Å². The lowest BCUT2D eigenvalue weighted by Gasteiger charge is -2.25. The van der Waals surface area contributed by atoms with Crippen molar-refractivity contribution < 1.29 is 14.6 Å². The lowest BCUT2D eigenvalue weighted by atomic mass is 10.1. The fourth-order valence-corrected chi connectivity index (χ4v) is 2.16. The highest BCUT2D eigenvalue weighted by Gasteiger charge is 2.12. The lowest BCUT2D eigenvalue weighted by Crippen LogP contribution is -2.36. The van der Waals surface area contributed by atoms with Gasteiger partial charge in [-0.3, -0.25) is 4.90 Å². The van der Waals surface area contributed by atoms with E-state index in [0.29, 0.717) is 26.4 Å². The zero-order valence-corrected chi connectivity index (χ0v) is 13.1. The van der Waals surface area contributed by atoms with E-state index in [1.807, 2.05) is 0 Å². The molecule has 0 bridgehead atoms. The fraction of sp³-hybridized carbons (Fsp3) is 0.529. The molecule has 0 aliphatic carbocycles. The van der Waals surface area contributed by atoms with E-state index in [1.165, 1.54) is 11.1 Å². The molecule has 0 fully saturated rings. The van der Waals surface area contributed by atoms with Gasteiger partial charge in [0.2, 0.25) is 0 Å². The Bertz CT molecular complexity index is 409. The SMILES string of the molecule is C=CCOCC(O)CN(CCOC)Cc1cccc(C)c1. The van der Waals surface area contributed by atoms with E-state index in [-0.39, 0.29) is 0 Å². The molecular formula is C17H27NO3. The Kier molecular flexibility index (Phi) is 8.94. The van der Waals surface area contributed by atoms with Crippen LogP contribution in [0.3, 0.4) is 0 Å². The summed E-state index contributed by atoms with van der Waals surface area (Å²) in [6.07, 6.45) is 1.17. The van der Waals surface area contributed by atoms with Crippen LogP contribution in [-0.2, 0) is 16.0 Å². The minimum Gasteiger partial charge on any atom is -0.389 e. The zero-order chi connectivity index (χ0) is 15.5. The van der Waals surface area contributed by atoms with Crippen LogP contribution in [0, 0.1) is 6.92 Å². The van der Waals surface area contributed by atoms with Crippen LogP contribution in [0.2, 0.25) is 0 Å². The summed E-state index contributed by atoms with van der Waals surface area (Å²) in [5, 5.41) is 10.0. The first-order valence-corrected chi connectivity index (χ1v) is 7.29. The second-order valence-electron chi connectivity index (χ2n) is 5.20. The van der Waals surface area contributed by atoms with Crippen LogP contribution in [0.1, 0.15) is 11.1 Å². The maximum absolute atomic E-state index is 10.0. The Morgan fingerprint density at radius 1 is 1.43 bits per heavy atom. The molecule has 4 heteroatoms. The molecular weight excluding hydrogens is 266 g/mol. The van der Waals surface area contributed by atoms with Gasteiger partial charge in [-0.1, -0.05) is 35.9 Å². The summed E-state index contributed by atoms with van der Waals surface area (Å²) in [5.74, 6) is 0. The van der Waals surface area contributed by atoms with E-state index in [2.05, 4.69) is 42.7 Å². The molecule has 1 unspecified atom stereocenters. The summed E-state index contributed by atoms with van der Waals surface area (Å²) < 4.78 is 10.4. The normalized spacial score (nSPS) is 12.6. The van der Waals surface area contributed by atoms with E-state index < -0.39 is 6.10 Å². The molecule has 4 nitrogen and oxygen atoms in total. The van der Waals surface area contributed by atoms with Crippen LogP contribution in [0.4, 0.5) is 0 Å². The van der Waals surface area contributed by atoms with Gasteiger partial charge in [0.25, 0.3) is 0 Å². The van der Waals surface area contributed by atoms with Gasteiger partial charge in [0, 0.05) is 26.7 Å². The predicted octanol–water partition coefficient (Wildman–Crippen LogP) is 2.01. The second-order valence-corrected chi connectivity index (χ2v) is 5.20. The second kappa shape index (κ2) is 10.5. The molecule has 0 spiro atoms. The van der Waals surface area contributed by atoms with Gasteiger partial charge in [-0.15, -0.1) is 6.58 Å². The number of hydrogen-bond acceptors (Lipinski definition) is 4. The molecule has 118 valence electrons. The number of benzene rings is 1. The minimum absolute atomic E-state index is 0.323. The number of methoxy groups -OCH3 is 1. The molecule has 0 saturated carbocycles. The van der Waals surface area contributed by atoms with Gasteiger partial charge in [0.05, 0.1) is 25.9 Å². The first-order valence-electron chi connectivity index (χ1n) is 7.29. The molecule has 1 aromatic carbocycles. The summed E-state index contributed by atoms with van der Waals surface area (Å²) in [6.45, 7) is 9.25. The predicted molar refractivity (Wildman–Crippen MR) is 85.4 cm³/mol. The number of aryl methyl sites for hydroxylation is 1. The standard InChI is InChI=1S/C17H27NO3/c1-4-9-21-14-17(19)13-18(8-10-20-3)12-16-7-5-6-15(2)11-16/h4-7,11,17,19H,1,8-10,12-14H2,2-3H3. The van der Waals surface area contributed by atoms with Crippen molar-refractivity contribution in [3.63, 3.8) is 0 Å². The van der Waals surface area contributed by atoms with Gasteiger partial charge >= 0.3 is 0 Å². The van der Waals surface area contributed by atoms with Gasteiger partial charge in [0.15, 0.2) is 0 Å². The number of ether oxygens (including phenoxy) is 2. The highest BCUT2D eigenvalue weighted by molar-refractivity contribution is 5.22. The smallest absolute Gasteiger partial charge is 0.0900 e. The van der Waals surface area contributed by atoms with Crippen molar-refractivity contribution >= 4 is 0 Å². The topological polar surface area (TPSA) is 41.9 Å². The average Bonchev–Trinajstić information content (AvgIpc) is 2.45. The largest absolute Gasteiger partial charge is 0.389 e. The summed E-state index contributed by atoms with van der Waals surface area (Å²) in [5.41, 5.74) is 2.49. The minimum atomic E-state index is -0.508. The molecule has 1 aromatic rings. The van der Waals surface area contributed by atoms with Crippen molar-refractivity contribution in [3.8, 4) is 0 Å². The van der Waals surface area contributed by atoms with Crippen molar-refractivity contribution in [2.45, 2.75) is 19.6 Å². The Morgan fingerprint density at radius 2 is 2.24 bits per heavy atom. The van der Waals surface area contributed by atoms with Crippen molar-refractivity contribution in [2.24, 2.45) is 0 Å². The molecule has 0 aliphatic rings. The van der Waals surface area contributed by atoms with Crippen LogP contribution < -0.4 is 0 Å². The molecule has 1 rings (SSSR count). The summed E-state index contributed by atoms with van der Waals surface area (Å²) >= 11 is 0. The fourth-order valence-electron chi connectivity index (χ4n) is 2.16. The van der Waals surface area contributed by atoms with E-state index in [1.54, 1.807) is 13.2 Å². The molecule has 1 N–H and O–H groups in total. The van der Waals surface area contributed by atoms with Crippen LogP contribution in [0.25, 0.3) is 0 Å². The summed E-state index contributed by atoms with van der Waals surface area (Å²) in [6, 6.07) is 8.41. The van der Waals surface area contributed by atoms with Crippen LogP contribution in [0.15, 0.2) is 36.9 Å². The Balaban J connectivity index is 2.52. The zero-order valence-electron chi connectivity index (χ0n) is 13.1. The third-order valence-electron chi connectivity index (χ3n) is 3.12. The van der Waals surface area contributed by atoms with Gasteiger partial charge in [0.1, 0.15) is 0 Å². The quantitative estimate of drug-likeness (QED) is 0.500. The van der Waals surface area contributed by atoms with Gasteiger partial charge < -0.3 is 14.6 Å². The van der Waals surface area contributed by atoms with Crippen molar-refractivity contribution in [2.75, 3.05) is 40.0 Å². The Hall–Kier alpha value is -1.20. The van der Waals surface area contributed by atoms with Gasteiger partial charge in [-0.25, -0.2) is 0 Å². The van der Waals surface area contributed by atoms with Crippen LogP contribution in [-0.4, -0.2) is 56.1 Å². The maximum Gasteiger partial charge on any atom is 0.0900 e. The van der Waals surface area contributed by atoms with Gasteiger partial charge in [-0.05, 0) is 12.5 Å². The van der Waals surface area contributed by atoms with Crippen molar-refractivity contribution in [3.05, 3.63) is 48.0 Å². The first kappa shape index (κ1) is 17.9. The van der Waals surface area contributed by atoms with Crippen LogP contribution >= 0.6 is 0 Å². The number of aliphatic hydroxyl groups excluding tert-OH is 1. The van der Waals surface area contributed by atoms with Crippen LogP contribution in [0.5, 0.6) is 0 Å². The first-order chi connectivity index (χ1) is 10.2. The number of hydrogen-bond donors (Lipinski definition) is 1. The van der Waals surface area contributed by atoms with Crippen molar-refractivity contribution in [1.82, 2.24) is 4.90 Å². The van der Waals surface area contributed by atoms with E-state index in [4.69, 9.17) is 9.47 Å². The molecule has 0 amide bonds. The molecule has 0 radical (unpaired) electrons. The molecule has 21 heavy (non-hydrogen) atoms. The molecule has 0 aromatic heterocycles. The third-order valence-corrected chi connectivity index (χ3v) is 3.12. The van der Waals surface area contributed by atoms with E-state index in [0.717, 1.165) is 13.1 Å². The highest BCUT2D eigenvalue weighted by atomic mass is 16.5. The highest BCUT2D eigenvalue weighted by Crippen LogP contribution is 2.08. The Labute approximate surface area is 128 Å². The summed E-state index contributed by atoms with van der Waals surface area (Å²) in [7, 11) is 1.69. The maximum atomic E-state index is 10.0. The summed E-state index contributed by atoms with van der Waals surface area (Å²) in [4.78, 5) is 2.18. The number of nitrogens with zero attached hydrogens (tertiary/aromatic N) is 1. The molecule has 0 aliphatic heterocycles. The molecule has 0 heterocycles. The Morgan fingerprint density at radius 3 is 2.90 bits per heavy atom. The number of rotatable bonds is 11. The third kappa shape index (κ3) is 7.97. The van der Waals surface area contributed by atoms with Crippen molar-refractivity contribution in [1.29, 1.82) is 0 Å². The lowest BCUT2D eigenvalue weighted by molar-refractivity contribution is 0.0194.